The van der Waals surface area contributed by atoms with Gasteiger partial charge >= 0.3 is 0 Å². The topological polar surface area (TPSA) is 44.9 Å². The molecule has 1 aromatic carbocycles. The van der Waals surface area contributed by atoms with Crippen LogP contribution >= 0.6 is 11.6 Å². The summed E-state index contributed by atoms with van der Waals surface area (Å²) in [5, 5.41) is 4.70. The van der Waals surface area contributed by atoms with Gasteiger partial charge in [0.15, 0.2) is 0 Å². The minimum Gasteiger partial charge on any atom is -0.361 e. The molecule has 1 amide bonds. The Bertz CT molecular complexity index is 575. The van der Waals surface area contributed by atoms with Crippen molar-refractivity contribution < 1.29 is 4.79 Å². The number of benzene rings is 1. The second-order valence-corrected chi connectivity index (χ2v) is 5.65. The minimum atomic E-state index is 0.0662. The van der Waals surface area contributed by atoms with Crippen molar-refractivity contribution in [3.63, 3.8) is 0 Å². The van der Waals surface area contributed by atoms with Gasteiger partial charge in [-0.25, -0.2) is 0 Å². The van der Waals surface area contributed by atoms with E-state index in [-0.39, 0.29) is 5.91 Å². The zero-order valence-electron chi connectivity index (χ0n) is 11.3. The summed E-state index contributed by atoms with van der Waals surface area (Å²) < 4.78 is 0. The number of aromatic nitrogens is 1. The molecule has 0 saturated heterocycles. The molecule has 0 aliphatic heterocycles. The zero-order chi connectivity index (χ0) is 13.8. The number of nitrogens with one attached hydrogen (secondary N) is 2. The van der Waals surface area contributed by atoms with E-state index in [4.69, 9.17) is 11.6 Å². The van der Waals surface area contributed by atoms with E-state index in [9.17, 15) is 4.79 Å². The first-order chi connectivity index (χ1) is 9.06. The third-order valence-electron chi connectivity index (χ3n) is 3.12. The van der Waals surface area contributed by atoms with Gasteiger partial charge in [-0.05, 0) is 30.0 Å². The lowest BCUT2D eigenvalue weighted by atomic mass is 10.1. The van der Waals surface area contributed by atoms with Gasteiger partial charge in [-0.15, -0.1) is 0 Å². The number of halogens is 1. The molecule has 0 atom stereocenters. The Morgan fingerprint density at radius 3 is 2.95 bits per heavy atom. The predicted molar refractivity (Wildman–Crippen MR) is 79.5 cm³/mol. The summed E-state index contributed by atoms with van der Waals surface area (Å²) in [5.74, 6) is 0.673. The van der Waals surface area contributed by atoms with E-state index >= 15 is 0 Å². The maximum Gasteiger partial charge on any atom is 0.224 e. The van der Waals surface area contributed by atoms with Crippen LogP contribution in [0.3, 0.4) is 0 Å². The van der Waals surface area contributed by atoms with Gasteiger partial charge in [0.05, 0.1) is 6.42 Å². The number of aromatic amines is 1. The average molecular weight is 279 g/mol. The Labute approximate surface area is 118 Å². The van der Waals surface area contributed by atoms with Crippen molar-refractivity contribution in [2.45, 2.75) is 26.7 Å². The molecule has 2 aromatic rings. The van der Waals surface area contributed by atoms with Gasteiger partial charge in [-0.2, -0.15) is 0 Å². The normalized spacial score (nSPS) is 11.2. The van der Waals surface area contributed by atoms with E-state index in [1.807, 2.05) is 24.4 Å². The van der Waals surface area contributed by atoms with E-state index in [0.717, 1.165) is 29.4 Å². The lowest BCUT2D eigenvalue weighted by Gasteiger charge is -2.06. The van der Waals surface area contributed by atoms with Crippen molar-refractivity contribution in [3.8, 4) is 0 Å². The molecule has 2 rings (SSSR count). The maximum absolute atomic E-state index is 11.9. The molecule has 19 heavy (non-hydrogen) atoms. The van der Waals surface area contributed by atoms with Crippen molar-refractivity contribution in [1.82, 2.24) is 10.3 Å². The highest BCUT2D eigenvalue weighted by atomic mass is 35.5. The van der Waals surface area contributed by atoms with Crippen LogP contribution < -0.4 is 5.32 Å². The second-order valence-electron chi connectivity index (χ2n) is 5.21. The van der Waals surface area contributed by atoms with E-state index in [2.05, 4.69) is 24.1 Å². The smallest absolute Gasteiger partial charge is 0.224 e. The number of amides is 1. The minimum absolute atomic E-state index is 0.0662. The quantitative estimate of drug-likeness (QED) is 0.863. The molecule has 1 aromatic heterocycles. The number of H-pyrrole nitrogens is 1. The fourth-order valence-corrected chi connectivity index (χ4v) is 2.21. The fourth-order valence-electron chi connectivity index (χ4n) is 2.04. The van der Waals surface area contributed by atoms with Crippen LogP contribution in [0.1, 0.15) is 25.8 Å². The highest BCUT2D eigenvalue weighted by Crippen LogP contribution is 2.22. The van der Waals surface area contributed by atoms with Crippen LogP contribution in [0, 0.1) is 5.92 Å². The summed E-state index contributed by atoms with van der Waals surface area (Å²) in [6.45, 7) is 5.04. The average Bonchev–Trinajstić information content (AvgIpc) is 2.71. The van der Waals surface area contributed by atoms with Crippen molar-refractivity contribution in [2.24, 2.45) is 5.92 Å². The van der Waals surface area contributed by atoms with Crippen molar-refractivity contribution in [3.05, 3.63) is 35.0 Å². The highest BCUT2D eigenvalue weighted by Gasteiger charge is 2.08. The summed E-state index contributed by atoms with van der Waals surface area (Å²) in [7, 11) is 0. The van der Waals surface area contributed by atoms with Crippen LogP contribution in [-0.4, -0.2) is 17.4 Å². The summed E-state index contributed by atoms with van der Waals surface area (Å²) in [5.41, 5.74) is 1.98. The lowest BCUT2D eigenvalue weighted by molar-refractivity contribution is -0.120. The monoisotopic (exact) mass is 278 g/mol. The van der Waals surface area contributed by atoms with Crippen LogP contribution in [0.5, 0.6) is 0 Å². The molecule has 0 aliphatic rings. The number of carbonyl (C=O) groups is 1. The Morgan fingerprint density at radius 1 is 1.42 bits per heavy atom. The Morgan fingerprint density at radius 2 is 2.21 bits per heavy atom. The highest BCUT2D eigenvalue weighted by molar-refractivity contribution is 6.31. The summed E-state index contributed by atoms with van der Waals surface area (Å²) in [6, 6.07) is 5.67. The lowest BCUT2D eigenvalue weighted by Crippen LogP contribution is -2.26. The Balaban J connectivity index is 1.99. The second kappa shape index (κ2) is 6.11. The number of hydrogen-bond acceptors (Lipinski definition) is 1. The molecule has 0 radical (unpaired) electrons. The molecule has 0 saturated carbocycles. The van der Waals surface area contributed by atoms with Gasteiger partial charge in [-0.1, -0.05) is 31.5 Å². The first-order valence-electron chi connectivity index (χ1n) is 6.58. The van der Waals surface area contributed by atoms with Gasteiger partial charge in [0.1, 0.15) is 0 Å². The summed E-state index contributed by atoms with van der Waals surface area (Å²) >= 11 is 5.93. The number of fused-ring (bicyclic) bond motifs is 1. The Kier molecular flexibility index (Phi) is 4.48. The predicted octanol–water partition coefficient (Wildman–Crippen LogP) is 3.53. The molecule has 0 bridgehead atoms. The molecule has 0 fully saturated rings. The molecule has 0 aliphatic carbocycles. The molecular weight excluding hydrogens is 260 g/mol. The van der Waals surface area contributed by atoms with Crippen molar-refractivity contribution in [1.29, 1.82) is 0 Å². The first kappa shape index (κ1) is 13.9. The van der Waals surface area contributed by atoms with Gasteiger partial charge < -0.3 is 10.3 Å². The number of rotatable bonds is 5. The van der Waals surface area contributed by atoms with E-state index in [0.29, 0.717) is 17.4 Å². The van der Waals surface area contributed by atoms with Crippen LogP contribution in [0.4, 0.5) is 0 Å². The van der Waals surface area contributed by atoms with Gasteiger partial charge in [0, 0.05) is 28.7 Å². The standard InChI is InChI=1S/C15H19ClN2O/c1-10(2)5-6-17-15(19)7-11-9-18-14-8-12(16)3-4-13(11)14/h3-4,8-10,18H,5-7H2,1-2H3,(H,17,19). The van der Waals surface area contributed by atoms with Crippen LogP contribution in [0.15, 0.2) is 24.4 Å². The van der Waals surface area contributed by atoms with E-state index in [1.54, 1.807) is 0 Å². The van der Waals surface area contributed by atoms with E-state index in [1.165, 1.54) is 0 Å². The molecule has 0 spiro atoms. The molecule has 2 N–H and O–H groups in total. The fraction of sp³-hybridized carbons (Fsp3) is 0.400. The molecule has 3 nitrogen and oxygen atoms in total. The van der Waals surface area contributed by atoms with Crippen molar-refractivity contribution in [2.75, 3.05) is 6.54 Å². The van der Waals surface area contributed by atoms with Gasteiger partial charge in [0.2, 0.25) is 5.91 Å². The van der Waals surface area contributed by atoms with Gasteiger partial charge in [-0.3, -0.25) is 4.79 Å². The van der Waals surface area contributed by atoms with Gasteiger partial charge in [0.25, 0.3) is 0 Å². The molecule has 0 unspecified atom stereocenters. The molecular formula is C15H19ClN2O. The third kappa shape index (κ3) is 3.74. The largest absolute Gasteiger partial charge is 0.361 e. The SMILES string of the molecule is CC(C)CCNC(=O)Cc1c[nH]c2cc(Cl)ccc12. The zero-order valence-corrected chi connectivity index (χ0v) is 12.1. The first-order valence-corrected chi connectivity index (χ1v) is 6.96. The molecule has 4 heteroatoms. The molecule has 102 valence electrons. The molecule has 1 heterocycles. The van der Waals surface area contributed by atoms with Crippen molar-refractivity contribution >= 4 is 28.4 Å². The van der Waals surface area contributed by atoms with Crippen LogP contribution in [0.25, 0.3) is 10.9 Å². The van der Waals surface area contributed by atoms with Crippen LogP contribution in [0.2, 0.25) is 5.02 Å². The van der Waals surface area contributed by atoms with Crippen LogP contribution in [-0.2, 0) is 11.2 Å². The summed E-state index contributed by atoms with van der Waals surface area (Å²) in [6.07, 6.45) is 3.29. The maximum atomic E-state index is 11.9. The van der Waals surface area contributed by atoms with E-state index < -0.39 is 0 Å². The number of carbonyl (C=O) groups excluding carboxylic acids is 1. The number of hydrogen-bond donors (Lipinski definition) is 2. The third-order valence-corrected chi connectivity index (χ3v) is 3.36. The summed E-state index contributed by atoms with van der Waals surface area (Å²) in [4.78, 5) is 15.0. The Hall–Kier alpha value is -1.48.